The van der Waals surface area contributed by atoms with Gasteiger partial charge in [0, 0.05) is 11.6 Å². The topological polar surface area (TPSA) is 21.3 Å². The van der Waals surface area contributed by atoms with Gasteiger partial charge in [-0.05, 0) is 33.4 Å². The maximum atomic E-state index is 5.88. The molecule has 1 aromatic rings. The second kappa shape index (κ2) is 7.33. The van der Waals surface area contributed by atoms with E-state index < -0.39 is 0 Å². The fraction of sp³-hybridized carbons (Fsp3) is 0.600. The molecule has 0 spiro atoms. The van der Waals surface area contributed by atoms with Crippen molar-refractivity contribution < 1.29 is 4.74 Å². The highest BCUT2D eigenvalue weighted by atomic mass is 16.5. The van der Waals surface area contributed by atoms with Crippen LogP contribution in [0, 0.1) is 6.92 Å². The summed E-state index contributed by atoms with van der Waals surface area (Å²) in [5.74, 6) is 1.02. The lowest BCUT2D eigenvalue weighted by Gasteiger charge is -2.17. The number of rotatable bonds is 7. The van der Waals surface area contributed by atoms with Crippen LogP contribution in [-0.2, 0) is 0 Å². The van der Waals surface area contributed by atoms with Crippen LogP contribution in [0.5, 0.6) is 5.75 Å². The third-order valence-corrected chi connectivity index (χ3v) is 3.07. The molecule has 1 aromatic carbocycles. The van der Waals surface area contributed by atoms with Crippen LogP contribution in [0.2, 0.25) is 0 Å². The number of unbranched alkanes of at least 4 members (excludes halogenated alkanes) is 2. The fourth-order valence-electron chi connectivity index (χ4n) is 1.83. The lowest BCUT2D eigenvalue weighted by atomic mass is 10.0. The molecule has 0 radical (unpaired) electrons. The molecule has 96 valence electrons. The van der Waals surface area contributed by atoms with Crippen LogP contribution in [-0.4, -0.2) is 13.7 Å². The van der Waals surface area contributed by atoms with Gasteiger partial charge in [0.15, 0.2) is 0 Å². The summed E-state index contributed by atoms with van der Waals surface area (Å²) in [6.45, 7) is 7.31. The van der Waals surface area contributed by atoms with Gasteiger partial charge < -0.3 is 10.1 Å². The molecule has 1 rings (SSSR count). The van der Waals surface area contributed by atoms with Gasteiger partial charge in [-0.25, -0.2) is 0 Å². The Bertz CT molecular complexity index is 336. The molecule has 2 nitrogen and oxygen atoms in total. The van der Waals surface area contributed by atoms with E-state index in [0.29, 0.717) is 6.04 Å². The summed E-state index contributed by atoms with van der Waals surface area (Å²) in [5.41, 5.74) is 2.53. The third kappa shape index (κ3) is 4.39. The van der Waals surface area contributed by atoms with E-state index in [-0.39, 0.29) is 0 Å². The van der Waals surface area contributed by atoms with Crippen molar-refractivity contribution in [3.05, 3.63) is 29.3 Å². The molecule has 0 fully saturated rings. The highest BCUT2D eigenvalue weighted by Crippen LogP contribution is 2.26. The first kappa shape index (κ1) is 14.0. The van der Waals surface area contributed by atoms with E-state index >= 15 is 0 Å². The molecular weight excluding hydrogens is 210 g/mol. The molecule has 0 amide bonds. The predicted molar refractivity (Wildman–Crippen MR) is 73.7 cm³/mol. The Morgan fingerprint density at radius 3 is 2.71 bits per heavy atom. The largest absolute Gasteiger partial charge is 0.493 e. The van der Waals surface area contributed by atoms with Crippen molar-refractivity contribution in [1.29, 1.82) is 0 Å². The van der Waals surface area contributed by atoms with E-state index in [4.69, 9.17) is 4.74 Å². The van der Waals surface area contributed by atoms with Crippen molar-refractivity contribution in [3.8, 4) is 5.75 Å². The maximum Gasteiger partial charge on any atom is 0.124 e. The molecule has 0 aromatic heterocycles. The molecule has 0 saturated heterocycles. The Morgan fingerprint density at radius 1 is 1.29 bits per heavy atom. The van der Waals surface area contributed by atoms with E-state index in [9.17, 15) is 0 Å². The van der Waals surface area contributed by atoms with Gasteiger partial charge >= 0.3 is 0 Å². The zero-order valence-corrected chi connectivity index (χ0v) is 11.5. The first-order valence-corrected chi connectivity index (χ1v) is 6.59. The first-order valence-electron chi connectivity index (χ1n) is 6.59. The summed E-state index contributed by atoms with van der Waals surface area (Å²) < 4.78 is 5.88. The van der Waals surface area contributed by atoms with E-state index in [1.165, 1.54) is 24.0 Å². The molecule has 1 unspecified atom stereocenters. The van der Waals surface area contributed by atoms with Crippen molar-refractivity contribution in [2.24, 2.45) is 0 Å². The average Bonchev–Trinajstić information content (AvgIpc) is 2.35. The van der Waals surface area contributed by atoms with E-state index in [1.54, 1.807) is 0 Å². The second-order valence-electron chi connectivity index (χ2n) is 4.61. The van der Waals surface area contributed by atoms with Gasteiger partial charge in [0.25, 0.3) is 0 Å². The van der Waals surface area contributed by atoms with Crippen molar-refractivity contribution >= 4 is 0 Å². The van der Waals surface area contributed by atoms with Crippen LogP contribution in [0.25, 0.3) is 0 Å². The number of ether oxygens (including phenoxy) is 1. The van der Waals surface area contributed by atoms with Crippen molar-refractivity contribution in [2.45, 2.75) is 46.1 Å². The summed E-state index contributed by atoms with van der Waals surface area (Å²) in [4.78, 5) is 0. The van der Waals surface area contributed by atoms with Gasteiger partial charge in [-0.3, -0.25) is 0 Å². The van der Waals surface area contributed by atoms with Crippen molar-refractivity contribution in [1.82, 2.24) is 5.32 Å². The Hall–Kier alpha value is -1.02. The monoisotopic (exact) mass is 235 g/mol. The number of benzene rings is 1. The van der Waals surface area contributed by atoms with Crippen LogP contribution in [0.3, 0.4) is 0 Å². The van der Waals surface area contributed by atoms with Crippen molar-refractivity contribution in [2.75, 3.05) is 13.7 Å². The van der Waals surface area contributed by atoms with Gasteiger partial charge in [-0.1, -0.05) is 37.5 Å². The highest BCUT2D eigenvalue weighted by molar-refractivity contribution is 5.38. The van der Waals surface area contributed by atoms with E-state index in [2.05, 4.69) is 44.3 Å². The minimum Gasteiger partial charge on any atom is -0.493 e. The SMILES string of the molecule is CCCCCOc1ccc(C)cc1C(C)NC. The number of aryl methyl sites for hydroxylation is 1. The molecule has 0 aliphatic carbocycles. The van der Waals surface area contributed by atoms with Crippen LogP contribution in [0.4, 0.5) is 0 Å². The molecule has 0 aliphatic heterocycles. The smallest absolute Gasteiger partial charge is 0.124 e. The number of hydrogen-bond donors (Lipinski definition) is 1. The summed E-state index contributed by atoms with van der Waals surface area (Å²) in [6.07, 6.45) is 3.61. The van der Waals surface area contributed by atoms with Crippen LogP contribution in [0.1, 0.15) is 50.3 Å². The minimum absolute atomic E-state index is 0.330. The Kier molecular flexibility index (Phi) is 6.06. The minimum atomic E-state index is 0.330. The number of hydrogen-bond acceptors (Lipinski definition) is 2. The lowest BCUT2D eigenvalue weighted by Crippen LogP contribution is -2.14. The molecule has 0 bridgehead atoms. The molecule has 0 aliphatic rings. The first-order chi connectivity index (χ1) is 8.19. The van der Waals surface area contributed by atoms with Gasteiger partial charge in [0.1, 0.15) is 5.75 Å². The Morgan fingerprint density at radius 2 is 2.06 bits per heavy atom. The summed E-state index contributed by atoms with van der Waals surface area (Å²) >= 11 is 0. The normalized spacial score (nSPS) is 12.5. The number of nitrogens with one attached hydrogen (secondary N) is 1. The zero-order valence-electron chi connectivity index (χ0n) is 11.5. The fourth-order valence-corrected chi connectivity index (χ4v) is 1.83. The summed E-state index contributed by atoms with van der Waals surface area (Å²) in [5, 5.41) is 3.27. The van der Waals surface area contributed by atoms with Gasteiger partial charge in [-0.2, -0.15) is 0 Å². The molecule has 1 atom stereocenters. The van der Waals surface area contributed by atoms with Gasteiger partial charge in [-0.15, -0.1) is 0 Å². The molecule has 0 saturated carbocycles. The standard InChI is InChI=1S/C15H25NO/c1-5-6-7-10-17-15-9-8-12(2)11-14(15)13(3)16-4/h8-9,11,13,16H,5-7,10H2,1-4H3. The summed E-state index contributed by atoms with van der Waals surface area (Å²) in [6, 6.07) is 6.73. The van der Waals surface area contributed by atoms with Gasteiger partial charge in [0.05, 0.1) is 6.61 Å². The second-order valence-corrected chi connectivity index (χ2v) is 4.61. The molecule has 1 N–H and O–H groups in total. The van der Waals surface area contributed by atoms with Gasteiger partial charge in [0.2, 0.25) is 0 Å². The molecular formula is C15H25NO. The zero-order chi connectivity index (χ0) is 12.7. The third-order valence-electron chi connectivity index (χ3n) is 3.07. The average molecular weight is 235 g/mol. The Balaban J connectivity index is 2.69. The van der Waals surface area contributed by atoms with Crippen LogP contribution < -0.4 is 10.1 Å². The van der Waals surface area contributed by atoms with Crippen molar-refractivity contribution in [3.63, 3.8) is 0 Å². The quantitative estimate of drug-likeness (QED) is 0.725. The maximum absolute atomic E-state index is 5.88. The summed E-state index contributed by atoms with van der Waals surface area (Å²) in [7, 11) is 1.98. The lowest BCUT2D eigenvalue weighted by molar-refractivity contribution is 0.301. The van der Waals surface area contributed by atoms with Crippen LogP contribution in [0.15, 0.2) is 18.2 Å². The molecule has 2 heteroatoms. The predicted octanol–water partition coefficient (Wildman–Crippen LogP) is 3.84. The van der Waals surface area contributed by atoms with Crippen LogP contribution >= 0.6 is 0 Å². The molecule has 17 heavy (non-hydrogen) atoms. The highest BCUT2D eigenvalue weighted by Gasteiger charge is 2.10. The Labute approximate surface area is 105 Å². The van der Waals surface area contributed by atoms with E-state index in [0.717, 1.165) is 18.8 Å². The molecule has 0 heterocycles. The van der Waals surface area contributed by atoms with E-state index in [1.807, 2.05) is 7.05 Å².